The van der Waals surface area contributed by atoms with Crippen molar-refractivity contribution in [1.82, 2.24) is 0 Å². The van der Waals surface area contributed by atoms with E-state index >= 15 is 0 Å². The SMILES string of the molecule is C=CC=CC.CC=CC=CCC. The summed E-state index contributed by atoms with van der Waals surface area (Å²) in [5.74, 6) is 0. The van der Waals surface area contributed by atoms with Crippen LogP contribution in [0.25, 0.3) is 0 Å². The minimum Gasteiger partial charge on any atom is -0.0991 e. The number of rotatable bonds is 3. The molecule has 0 aliphatic carbocycles. The molecule has 0 unspecified atom stereocenters. The average Bonchev–Trinajstić information content (AvgIpc) is 2.08. The first-order valence-electron chi connectivity index (χ1n) is 4.34. The highest BCUT2D eigenvalue weighted by atomic mass is 13.6. The Morgan fingerprint density at radius 2 is 1.58 bits per heavy atom. The van der Waals surface area contributed by atoms with E-state index in [0.717, 1.165) is 6.42 Å². The number of hydrogen-bond acceptors (Lipinski definition) is 0. The molecule has 12 heavy (non-hydrogen) atoms. The summed E-state index contributed by atoms with van der Waals surface area (Å²) in [5, 5.41) is 0. The molecule has 0 N–H and O–H groups in total. The van der Waals surface area contributed by atoms with E-state index in [9.17, 15) is 0 Å². The van der Waals surface area contributed by atoms with Crippen molar-refractivity contribution >= 4 is 0 Å². The Balaban J connectivity index is 0. The fourth-order valence-electron chi connectivity index (χ4n) is 0.462. The van der Waals surface area contributed by atoms with Gasteiger partial charge >= 0.3 is 0 Å². The third-order valence-corrected chi connectivity index (χ3v) is 1.00. The van der Waals surface area contributed by atoms with Crippen LogP contribution in [0.2, 0.25) is 0 Å². The molecule has 0 aromatic carbocycles. The van der Waals surface area contributed by atoms with Crippen LogP contribution in [0, 0.1) is 0 Å². The van der Waals surface area contributed by atoms with E-state index in [1.807, 2.05) is 38.2 Å². The first kappa shape index (κ1) is 13.5. The normalized spacial score (nSPS) is 10.6. The standard InChI is InChI=1S/C7H12.C5H8/c1-3-5-7-6-4-2;1-3-5-4-2/h3,5-7H,4H2,1-2H3;3-5H,1H2,2H3. The van der Waals surface area contributed by atoms with Crippen LogP contribution in [-0.2, 0) is 0 Å². The summed E-state index contributed by atoms with van der Waals surface area (Å²) >= 11 is 0. The largest absolute Gasteiger partial charge is 0.0991 e. The van der Waals surface area contributed by atoms with E-state index in [2.05, 4.69) is 25.7 Å². The van der Waals surface area contributed by atoms with E-state index in [4.69, 9.17) is 0 Å². The van der Waals surface area contributed by atoms with Crippen LogP contribution < -0.4 is 0 Å². The highest BCUT2D eigenvalue weighted by Gasteiger charge is 1.57. The van der Waals surface area contributed by atoms with Crippen LogP contribution >= 0.6 is 0 Å². The van der Waals surface area contributed by atoms with Crippen molar-refractivity contribution in [1.29, 1.82) is 0 Å². The van der Waals surface area contributed by atoms with E-state index < -0.39 is 0 Å². The Morgan fingerprint density at radius 3 is 1.83 bits per heavy atom. The Hall–Kier alpha value is -1.04. The van der Waals surface area contributed by atoms with E-state index in [-0.39, 0.29) is 0 Å². The lowest BCUT2D eigenvalue weighted by Gasteiger charge is -1.70. The third kappa shape index (κ3) is 23.1. The topological polar surface area (TPSA) is 0 Å². The monoisotopic (exact) mass is 164 g/mol. The van der Waals surface area contributed by atoms with Crippen LogP contribution in [0.3, 0.4) is 0 Å². The minimum absolute atomic E-state index is 1.13. The third-order valence-electron chi connectivity index (χ3n) is 1.00. The quantitative estimate of drug-likeness (QED) is 0.546. The molecule has 0 saturated heterocycles. The van der Waals surface area contributed by atoms with Gasteiger partial charge in [0.05, 0.1) is 0 Å². The van der Waals surface area contributed by atoms with Crippen molar-refractivity contribution in [3.05, 3.63) is 49.1 Å². The maximum absolute atomic E-state index is 3.46. The molecule has 0 aliphatic heterocycles. The van der Waals surface area contributed by atoms with Crippen molar-refractivity contribution in [2.45, 2.75) is 27.2 Å². The fraction of sp³-hybridized carbons (Fsp3) is 0.333. The Kier molecular flexibility index (Phi) is 18.6. The summed E-state index contributed by atoms with van der Waals surface area (Å²) in [7, 11) is 0. The molecule has 0 aromatic rings. The lowest BCUT2D eigenvalue weighted by atomic mass is 10.4. The van der Waals surface area contributed by atoms with Crippen LogP contribution in [0.1, 0.15) is 27.2 Å². The second-order valence-corrected chi connectivity index (χ2v) is 2.12. The van der Waals surface area contributed by atoms with Crippen LogP contribution in [0.4, 0.5) is 0 Å². The highest BCUT2D eigenvalue weighted by Crippen LogP contribution is 1.79. The van der Waals surface area contributed by atoms with Gasteiger partial charge in [-0.25, -0.2) is 0 Å². The van der Waals surface area contributed by atoms with Gasteiger partial charge in [0.15, 0.2) is 0 Å². The summed E-state index contributed by atoms with van der Waals surface area (Å²) in [6.45, 7) is 9.56. The lowest BCUT2D eigenvalue weighted by Crippen LogP contribution is -1.48. The predicted molar refractivity (Wildman–Crippen MR) is 59.3 cm³/mol. The van der Waals surface area contributed by atoms with Gasteiger partial charge in [0.2, 0.25) is 0 Å². The van der Waals surface area contributed by atoms with Gasteiger partial charge in [0, 0.05) is 0 Å². The van der Waals surface area contributed by atoms with Crippen molar-refractivity contribution in [3.8, 4) is 0 Å². The van der Waals surface area contributed by atoms with E-state index in [0.29, 0.717) is 0 Å². The molecular weight excluding hydrogens is 144 g/mol. The summed E-state index contributed by atoms with van der Waals surface area (Å²) < 4.78 is 0. The van der Waals surface area contributed by atoms with Crippen molar-refractivity contribution < 1.29 is 0 Å². The van der Waals surface area contributed by atoms with E-state index in [1.165, 1.54) is 0 Å². The predicted octanol–water partition coefficient (Wildman–Crippen LogP) is 4.28. The van der Waals surface area contributed by atoms with Crippen molar-refractivity contribution in [2.24, 2.45) is 0 Å². The highest BCUT2D eigenvalue weighted by molar-refractivity contribution is 5.00. The number of allylic oxidation sites excluding steroid dienone is 7. The van der Waals surface area contributed by atoms with Gasteiger partial charge in [-0.3, -0.25) is 0 Å². The van der Waals surface area contributed by atoms with Gasteiger partial charge in [-0.05, 0) is 20.3 Å². The van der Waals surface area contributed by atoms with Gasteiger partial charge in [-0.2, -0.15) is 0 Å². The van der Waals surface area contributed by atoms with Crippen LogP contribution in [0.15, 0.2) is 49.1 Å². The molecule has 0 spiro atoms. The molecule has 0 nitrogen and oxygen atoms in total. The summed E-state index contributed by atoms with van der Waals surface area (Å²) in [6, 6.07) is 0. The Bertz CT molecular complexity index is 147. The molecule has 0 rings (SSSR count). The molecule has 0 atom stereocenters. The van der Waals surface area contributed by atoms with Crippen LogP contribution in [0.5, 0.6) is 0 Å². The smallest absolute Gasteiger partial charge is 0.0376 e. The van der Waals surface area contributed by atoms with Gasteiger partial charge in [0.1, 0.15) is 0 Å². The van der Waals surface area contributed by atoms with Gasteiger partial charge < -0.3 is 0 Å². The Labute approximate surface area is 77.0 Å². The molecule has 0 aliphatic rings. The maximum Gasteiger partial charge on any atom is -0.0376 e. The molecular formula is C12H20. The zero-order valence-corrected chi connectivity index (χ0v) is 8.46. The Morgan fingerprint density at radius 1 is 1.00 bits per heavy atom. The van der Waals surface area contributed by atoms with Crippen molar-refractivity contribution in [3.63, 3.8) is 0 Å². The fourth-order valence-corrected chi connectivity index (χ4v) is 0.462. The van der Waals surface area contributed by atoms with Gasteiger partial charge in [0.25, 0.3) is 0 Å². The van der Waals surface area contributed by atoms with Gasteiger partial charge in [-0.1, -0.05) is 56.0 Å². The van der Waals surface area contributed by atoms with Crippen LogP contribution in [-0.4, -0.2) is 0 Å². The summed E-state index contributed by atoms with van der Waals surface area (Å²) in [6.07, 6.45) is 14.9. The molecule has 0 saturated carbocycles. The molecule has 0 bridgehead atoms. The van der Waals surface area contributed by atoms with E-state index in [1.54, 1.807) is 6.08 Å². The molecule has 0 amide bonds. The second kappa shape index (κ2) is 16.5. The molecule has 68 valence electrons. The molecule has 0 radical (unpaired) electrons. The summed E-state index contributed by atoms with van der Waals surface area (Å²) in [5.41, 5.74) is 0. The zero-order valence-electron chi connectivity index (χ0n) is 8.46. The molecule has 0 fully saturated rings. The second-order valence-electron chi connectivity index (χ2n) is 2.12. The minimum atomic E-state index is 1.13. The van der Waals surface area contributed by atoms with Gasteiger partial charge in [-0.15, -0.1) is 0 Å². The maximum atomic E-state index is 3.46. The molecule has 0 heteroatoms. The lowest BCUT2D eigenvalue weighted by molar-refractivity contribution is 1.22. The first-order chi connectivity index (χ1) is 5.83. The van der Waals surface area contributed by atoms with Crippen molar-refractivity contribution in [2.75, 3.05) is 0 Å². The summed E-state index contributed by atoms with van der Waals surface area (Å²) in [4.78, 5) is 0. The molecule has 0 aromatic heterocycles. The average molecular weight is 164 g/mol. The zero-order chi connectivity index (χ0) is 9.66. The first-order valence-corrected chi connectivity index (χ1v) is 4.34. The number of hydrogen-bond donors (Lipinski definition) is 0. The molecule has 0 heterocycles.